The number of hydrogen-bond acceptors (Lipinski definition) is 4. The van der Waals surface area contributed by atoms with Crippen LogP contribution in [0.15, 0.2) is 24.3 Å². The SMILES string of the molecule is C[C@@H]1CN(CC2CCC2)CCN1C(=O)c1ccc(N[SH](=O)=O)cc1. The van der Waals surface area contributed by atoms with E-state index in [1.165, 1.54) is 25.8 Å². The number of carbonyl (C=O) groups excluding carboxylic acids is 1. The summed E-state index contributed by atoms with van der Waals surface area (Å²) < 4.78 is 23.6. The van der Waals surface area contributed by atoms with Gasteiger partial charge in [0, 0.05) is 43.5 Å². The Balaban J connectivity index is 1.58. The van der Waals surface area contributed by atoms with Gasteiger partial charge in [-0.25, -0.2) is 8.42 Å². The van der Waals surface area contributed by atoms with Gasteiger partial charge in [-0.15, -0.1) is 0 Å². The third kappa shape index (κ3) is 4.08. The van der Waals surface area contributed by atoms with E-state index in [-0.39, 0.29) is 11.9 Å². The highest BCUT2D eigenvalue weighted by molar-refractivity contribution is 7.73. The van der Waals surface area contributed by atoms with Crippen molar-refractivity contribution in [3.8, 4) is 0 Å². The fourth-order valence-corrected chi connectivity index (χ4v) is 3.86. The second-order valence-corrected chi connectivity index (χ2v) is 7.59. The Morgan fingerprint density at radius 1 is 1.21 bits per heavy atom. The van der Waals surface area contributed by atoms with Gasteiger partial charge >= 0.3 is 0 Å². The normalized spacial score (nSPS) is 22.4. The highest BCUT2D eigenvalue weighted by Gasteiger charge is 2.30. The minimum Gasteiger partial charge on any atom is -0.333 e. The number of nitrogens with one attached hydrogen (secondary N) is 1. The fourth-order valence-electron chi connectivity index (χ4n) is 3.50. The van der Waals surface area contributed by atoms with Crippen molar-refractivity contribution in [1.82, 2.24) is 9.80 Å². The molecule has 2 fully saturated rings. The number of piperazine rings is 1. The van der Waals surface area contributed by atoms with Crippen LogP contribution in [0, 0.1) is 5.92 Å². The average Bonchev–Trinajstić information content (AvgIpc) is 2.51. The van der Waals surface area contributed by atoms with Crippen LogP contribution in [0.3, 0.4) is 0 Å². The number of hydrogen-bond donors (Lipinski definition) is 2. The molecule has 132 valence electrons. The van der Waals surface area contributed by atoms with E-state index in [4.69, 9.17) is 0 Å². The van der Waals surface area contributed by atoms with E-state index in [9.17, 15) is 13.2 Å². The molecule has 0 bridgehead atoms. The topological polar surface area (TPSA) is 69.7 Å². The van der Waals surface area contributed by atoms with E-state index in [1.807, 2.05) is 4.90 Å². The fraction of sp³-hybridized carbons (Fsp3) is 0.588. The summed E-state index contributed by atoms with van der Waals surface area (Å²) in [5.74, 6) is 0.871. The lowest BCUT2D eigenvalue weighted by Gasteiger charge is -2.42. The van der Waals surface area contributed by atoms with E-state index in [2.05, 4.69) is 16.5 Å². The monoisotopic (exact) mass is 351 g/mol. The molecule has 24 heavy (non-hydrogen) atoms. The molecule has 2 aliphatic rings. The summed E-state index contributed by atoms with van der Waals surface area (Å²) in [5, 5.41) is 0. The van der Waals surface area contributed by atoms with E-state index in [1.54, 1.807) is 24.3 Å². The van der Waals surface area contributed by atoms with Gasteiger partial charge in [-0.1, -0.05) is 6.42 Å². The number of amides is 1. The zero-order valence-electron chi connectivity index (χ0n) is 14.0. The molecular weight excluding hydrogens is 326 g/mol. The Morgan fingerprint density at radius 3 is 2.46 bits per heavy atom. The second-order valence-electron chi connectivity index (χ2n) is 6.85. The van der Waals surface area contributed by atoms with Crippen molar-refractivity contribution < 1.29 is 13.2 Å². The van der Waals surface area contributed by atoms with Crippen molar-refractivity contribution in [2.75, 3.05) is 30.9 Å². The van der Waals surface area contributed by atoms with Crippen molar-refractivity contribution in [2.45, 2.75) is 32.2 Å². The first kappa shape index (κ1) is 17.2. The van der Waals surface area contributed by atoms with E-state index in [0.29, 0.717) is 11.3 Å². The van der Waals surface area contributed by atoms with Crippen molar-refractivity contribution in [3.63, 3.8) is 0 Å². The molecule has 1 saturated heterocycles. The maximum Gasteiger partial charge on any atom is 0.254 e. The summed E-state index contributed by atoms with van der Waals surface area (Å²) in [7, 11) is -2.68. The Morgan fingerprint density at radius 2 is 1.92 bits per heavy atom. The number of anilines is 1. The van der Waals surface area contributed by atoms with Gasteiger partial charge in [0.25, 0.3) is 5.91 Å². The third-order valence-corrected chi connectivity index (χ3v) is 5.51. The smallest absolute Gasteiger partial charge is 0.254 e. The summed E-state index contributed by atoms with van der Waals surface area (Å²) in [6.45, 7) is 5.88. The lowest BCUT2D eigenvalue weighted by molar-refractivity contribution is 0.0424. The summed E-state index contributed by atoms with van der Waals surface area (Å²) in [5.41, 5.74) is 1.07. The molecule has 1 aromatic rings. The van der Waals surface area contributed by atoms with Gasteiger partial charge in [-0.05, 0) is 49.9 Å². The largest absolute Gasteiger partial charge is 0.333 e. The van der Waals surface area contributed by atoms with Crippen molar-refractivity contribution in [1.29, 1.82) is 0 Å². The van der Waals surface area contributed by atoms with Crippen molar-refractivity contribution in [3.05, 3.63) is 29.8 Å². The minimum absolute atomic E-state index is 0.0175. The van der Waals surface area contributed by atoms with Gasteiger partial charge in [0.15, 0.2) is 0 Å². The van der Waals surface area contributed by atoms with Crippen LogP contribution in [0.2, 0.25) is 0 Å². The van der Waals surface area contributed by atoms with Gasteiger partial charge < -0.3 is 4.90 Å². The molecule has 1 atom stereocenters. The molecular formula is C17H25N3O3S. The number of nitrogens with zero attached hydrogens (tertiary/aromatic N) is 2. The molecule has 0 unspecified atom stereocenters. The summed E-state index contributed by atoms with van der Waals surface area (Å²) in [6.07, 6.45) is 4.07. The maximum atomic E-state index is 12.7. The van der Waals surface area contributed by atoms with Crippen molar-refractivity contribution >= 4 is 22.5 Å². The highest BCUT2D eigenvalue weighted by atomic mass is 32.2. The summed E-state index contributed by atoms with van der Waals surface area (Å²) in [4.78, 5) is 17.1. The Hall–Kier alpha value is -1.60. The van der Waals surface area contributed by atoms with Crippen molar-refractivity contribution in [2.24, 2.45) is 5.92 Å². The molecule has 0 spiro atoms. The molecule has 1 heterocycles. The molecule has 1 aliphatic carbocycles. The lowest BCUT2D eigenvalue weighted by atomic mass is 9.85. The number of benzene rings is 1. The van der Waals surface area contributed by atoms with Gasteiger partial charge in [0.2, 0.25) is 10.9 Å². The molecule has 1 amide bonds. The van der Waals surface area contributed by atoms with Gasteiger partial charge in [0.1, 0.15) is 0 Å². The Bertz CT molecular complexity index is 648. The van der Waals surface area contributed by atoms with Crippen LogP contribution >= 0.6 is 0 Å². The van der Waals surface area contributed by atoms with E-state index in [0.717, 1.165) is 25.6 Å². The molecule has 7 heteroatoms. The standard InChI is InChI=1S/C17H25N3O3S/c1-13-11-19(12-14-3-2-4-14)9-10-20(13)17(21)15-5-7-16(8-6-15)18-24(22)23/h5-8,13-14,24H,2-4,9-12H2,1H3,(H,18,22,23)/t13-/m1/s1. The van der Waals surface area contributed by atoms with Crippen LogP contribution in [0.4, 0.5) is 5.69 Å². The molecule has 1 N–H and O–H groups in total. The predicted molar refractivity (Wildman–Crippen MR) is 94.7 cm³/mol. The molecule has 6 nitrogen and oxygen atoms in total. The average molecular weight is 351 g/mol. The van der Waals surface area contributed by atoms with Gasteiger partial charge in [-0.2, -0.15) is 0 Å². The molecule has 0 aromatic heterocycles. The molecule has 0 radical (unpaired) electrons. The van der Waals surface area contributed by atoms with Crippen LogP contribution in [0.5, 0.6) is 0 Å². The zero-order valence-corrected chi connectivity index (χ0v) is 14.9. The van der Waals surface area contributed by atoms with Crippen LogP contribution in [0.25, 0.3) is 0 Å². The van der Waals surface area contributed by atoms with Gasteiger partial charge in [-0.3, -0.25) is 14.4 Å². The van der Waals surface area contributed by atoms with Crippen LogP contribution in [-0.2, 0) is 10.9 Å². The van der Waals surface area contributed by atoms with E-state index < -0.39 is 10.9 Å². The molecule has 1 aromatic carbocycles. The summed E-state index contributed by atoms with van der Waals surface area (Å²) >= 11 is 0. The Labute approximate surface area is 144 Å². The first-order valence-electron chi connectivity index (χ1n) is 8.57. The van der Waals surface area contributed by atoms with Crippen LogP contribution in [0.1, 0.15) is 36.5 Å². The van der Waals surface area contributed by atoms with Gasteiger partial charge in [0.05, 0.1) is 0 Å². The molecule has 1 aliphatic heterocycles. The second kappa shape index (κ2) is 7.53. The quantitative estimate of drug-likeness (QED) is 0.790. The molecule has 3 rings (SSSR count). The third-order valence-electron chi connectivity index (χ3n) is 5.07. The summed E-state index contributed by atoms with van der Waals surface area (Å²) in [6, 6.07) is 6.79. The van der Waals surface area contributed by atoms with E-state index >= 15 is 0 Å². The number of rotatable bonds is 5. The van der Waals surface area contributed by atoms with Crippen LogP contribution in [-0.4, -0.2) is 56.3 Å². The zero-order chi connectivity index (χ0) is 17.1. The number of thiol groups is 1. The predicted octanol–water partition coefficient (Wildman–Crippen LogP) is 1.57. The lowest BCUT2D eigenvalue weighted by Crippen LogP contribution is -2.55. The minimum atomic E-state index is -2.68. The molecule has 1 saturated carbocycles. The first-order chi connectivity index (χ1) is 11.5. The Kier molecular flexibility index (Phi) is 5.40. The van der Waals surface area contributed by atoms with Crippen LogP contribution < -0.4 is 4.72 Å². The highest BCUT2D eigenvalue weighted by Crippen LogP contribution is 2.28. The maximum absolute atomic E-state index is 12.7. The number of carbonyl (C=O) groups is 1. The first-order valence-corrected chi connectivity index (χ1v) is 9.75.